The number of hydrogen-bond acceptors (Lipinski definition) is 6. The monoisotopic (exact) mass is 2040 g/mol. The SMILES string of the molecule is CCc1ccc([C@@H]2C[C@@H](C)[C@H]3C(=O)N[C@H](C)[C@H]3[C@H]2c2ccc(Cl)cc2)c(Cl)c1.COc1ccc([C@@H]2C[C@H](C)[C@H]3C(=O)N[C@H](C)[C@H]3[C@H]2c2ccc(Cl)cc2)c(Cl)c1.Cc1ccc([C@@H]2C[C@@H](C)[C@H]3C(=O)N[C@H](C)[C@H]3[C@H]2c2ccc(Cl)cc2)c(Cl)c1.Cc1ccc([C@@H]2C[C@@H](C)[C@H]3C(=O)N[C@H](C)[C@H]3[C@H]2c2ccc(Cl)cc2)c(Cl)c1.Cc1ccc([C@@H]2C[C@H](C)[C@H]3C(=O)N[C@H](C)[C@H]3[C@H]2c2ccc(Cl)cc2)c(Cl)c1. The van der Waals surface area contributed by atoms with Gasteiger partial charge in [0.2, 0.25) is 29.5 Å². The van der Waals surface area contributed by atoms with E-state index >= 15 is 0 Å². The van der Waals surface area contributed by atoms with Gasteiger partial charge in [-0.3, -0.25) is 24.0 Å². The average molecular weight is 2040 g/mol. The molecule has 10 aromatic rings. The molecule has 20 rings (SSSR count). The lowest BCUT2D eigenvalue weighted by Gasteiger charge is -2.44. The molecule has 5 heterocycles. The van der Waals surface area contributed by atoms with Crippen LogP contribution in [0.25, 0.3) is 0 Å². The Morgan fingerprint density at radius 3 is 0.642 bits per heavy atom. The van der Waals surface area contributed by atoms with Crippen LogP contribution in [0.5, 0.6) is 5.75 Å². The first kappa shape index (κ1) is 102. The van der Waals surface area contributed by atoms with Crippen molar-refractivity contribution in [3.05, 3.63) is 340 Å². The van der Waals surface area contributed by atoms with Crippen molar-refractivity contribution in [2.75, 3.05) is 7.11 Å². The molecule has 5 N–H and O–H groups in total. The molecule has 0 unspecified atom stereocenters. The van der Waals surface area contributed by atoms with Gasteiger partial charge in [0.25, 0.3) is 0 Å². The number of benzene rings is 10. The molecular weight excluding hydrogens is 1910 g/mol. The Morgan fingerprint density at radius 2 is 0.453 bits per heavy atom. The molecule has 10 aromatic carbocycles. The van der Waals surface area contributed by atoms with Crippen molar-refractivity contribution in [2.24, 2.45) is 88.8 Å². The average Bonchev–Trinajstić information content (AvgIpc) is 1.66. The fourth-order valence-electron chi connectivity index (χ4n) is 27.3. The minimum absolute atomic E-state index is 0.0314. The Labute approximate surface area is 860 Å². The molecule has 137 heavy (non-hydrogen) atoms. The molecule has 5 aliphatic heterocycles. The second-order valence-corrected chi connectivity index (χ2v) is 45.9. The van der Waals surface area contributed by atoms with E-state index < -0.39 is 0 Å². The summed E-state index contributed by atoms with van der Waals surface area (Å²) in [5, 5.41) is 23.7. The summed E-state index contributed by atoms with van der Waals surface area (Å²) in [4.78, 5) is 63.3. The normalized spacial score (nSPS) is 32.5. The van der Waals surface area contributed by atoms with Crippen LogP contribution in [0.3, 0.4) is 0 Å². The molecule has 0 aromatic heterocycles. The number of fused-ring (bicyclic) bond motifs is 5. The van der Waals surface area contributed by atoms with E-state index in [0.717, 1.165) is 100 Å². The van der Waals surface area contributed by atoms with Crippen LogP contribution < -0.4 is 31.3 Å². The van der Waals surface area contributed by atoms with Crippen LogP contribution in [0.4, 0.5) is 0 Å². The summed E-state index contributed by atoms with van der Waals surface area (Å²) < 4.78 is 5.33. The maximum Gasteiger partial charge on any atom is 0.223 e. The van der Waals surface area contributed by atoms with Crippen LogP contribution in [-0.2, 0) is 30.4 Å². The van der Waals surface area contributed by atoms with Crippen LogP contribution in [0, 0.1) is 110 Å². The number of aryl methyl sites for hydroxylation is 4. The summed E-state index contributed by atoms with van der Waals surface area (Å²) in [5.41, 5.74) is 16.8. The number of carbonyl (C=O) groups excluding carboxylic acids is 5. The Hall–Kier alpha value is -7.75. The maximum atomic E-state index is 12.7. The number of amides is 5. The molecule has 5 aliphatic carbocycles. The highest BCUT2D eigenvalue weighted by molar-refractivity contribution is 6.34. The van der Waals surface area contributed by atoms with Crippen molar-refractivity contribution in [3.8, 4) is 5.75 Å². The maximum absolute atomic E-state index is 12.7. The first-order valence-corrected chi connectivity index (χ1v) is 52.9. The van der Waals surface area contributed by atoms with Gasteiger partial charge < -0.3 is 31.3 Å². The minimum Gasteiger partial charge on any atom is -0.497 e. The summed E-state index contributed by atoms with van der Waals surface area (Å²) in [5.74, 6) is 7.32. The largest absolute Gasteiger partial charge is 0.497 e. The van der Waals surface area contributed by atoms with E-state index in [-0.39, 0.29) is 178 Å². The van der Waals surface area contributed by atoms with E-state index in [9.17, 15) is 24.0 Å². The summed E-state index contributed by atoms with van der Waals surface area (Å²) in [6.07, 6.45) is 5.72. The van der Waals surface area contributed by atoms with Crippen LogP contribution in [0.1, 0.15) is 245 Å². The summed E-state index contributed by atoms with van der Waals surface area (Å²) in [7, 11) is 1.65. The molecule has 11 nitrogen and oxygen atoms in total. The second-order valence-electron chi connectivity index (χ2n) is 41.7. The Bertz CT molecular complexity index is 5550. The van der Waals surface area contributed by atoms with Gasteiger partial charge in [0.1, 0.15) is 5.75 Å². The summed E-state index contributed by atoms with van der Waals surface area (Å²) in [6, 6.07) is 72.9. The summed E-state index contributed by atoms with van der Waals surface area (Å²) in [6.45, 7) is 30.0. The topological polar surface area (TPSA) is 155 Å². The smallest absolute Gasteiger partial charge is 0.223 e. The Morgan fingerprint density at radius 1 is 0.255 bits per heavy atom. The first-order chi connectivity index (χ1) is 65.4. The molecule has 5 saturated heterocycles. The third-order valence-electron chi connectivity index (χ3n) is 33.2. The van der Waals surface area contributed by atoms with Crippen molar-refractivity contribution < 1.29 is 28.7 Å². The van der Waals surface area contributed by atoms with Crippen molar-refractivity contribution >= 4 is 146 Å². The molecule has 0 bridgehead atoms. The van der Waals surface area contributed by atoms with Gasteiger partial charge in [0, 0.05) is 110 Å². The molecule has 5 amide bonds. The van der Waals surface area contributed by atoms with Crippen LogP contribution in [0.15, 0.2) is 212 Å². The van der Waals surface area contributed by atoms with Crippen molar-refractivity contribution in [1.82, 2.24) is 26.6 Å². The van der Waals surface area contributed by atoms with E-state index in [4.69, 9.17) is 121 Å². The molecule has 5 saturated carbocycles. The van der Waals surface area contributed by atoms with E-state index in [1.807, 2.05) is 91.0 Å². The van der Waals surface area contributed by atoms with E-state index in [2.05, 4.69) is 245 Å². The van der Waals surface area contributed by atoms with Crippen LogP contribution in [0.2, 0.25) is 50.2 Å². The Kier molecular flexibility index (Phi) is 32.2. The van der Waals surface area contributed by atoms with Gasteiger partial charge in [0.05, 0.1) is 7.11 Å². The number of methoxy groups -OCH3 is 1. The molecule has 0 spiro atoms. The van der Waals surface area contributed by atoms with E-state index in [0.29, 0.717) is 29.6 Å². The Balaban J connectivity index is 0.000000124. The third-order valence-corrected chi connectivity index (χ3v) is 36.1. The quantitative estimate of drug-likeness (QED) is 0.0821. The van der Waals surface area contributed by atoms with Gasteiger partial charge in [-0.1, -0.05) is 273 Å². The number of carbonyl (C=O) groups is 5. The number of rotatable bonds is 12. The highest BCUT2D eigenvalue weighted by atomic mass is 35.5. The van der Waals surface area contributed by atoms with Crippen molar-refractivity contribution in [1.29, 1.82) is 0 Å². The lowest BCUT2D eigenvalue weighted by molar-refractivity contribution is -0.126. The number of hydrogen-bond donors (Lipinski definition) is 5. The summed E-state index contributed by atoms with van der Waals surface area (Å²) >= 11 is 64.3. The molecule has 10 fully saturated rings. The predicted molar refractivity (Wildman–Crippen MR) is 564 cm³/mol. The zero-order valence-electron chi connectivity index (χ0n) is 80.5. The fraction of sp³-hybridized carbons (Fsp3) is 0.440. The van der Waals surface area contributed by atoms with Gasteiger partial charge >= 0.3 is 0 Å². The first-order valence-electron chi connectivity index (χ1n) is 49.1. The van der Waals surface area contributed by atoms with E-state index in [1.165, 1.54) is 72.3 Å². The van der Waals surface area contributed by atoms with Gasteiger partial charge in [-0.2, -0.15) is 0 Å². The lowest BCUT2D eigenvalue weighted by Crippen LogP contribution is -2.39. The molecule has 30 atom stereocenters. The second kappa shape index (κ2) is 43.2. The third kappa shape index (κ3) is 21.1. The van der Waals surface area contributed by atoms with Gasteiger partial charge in [-0.25, -0.2) is 0 Å². The van der Waals surface area contributed by atoms with Gasteiger partial charge in [-0.05, 0) is 387 Å². The van der Waals surface area contributed by atoms with Crippen molar-refractivity contribution in [2.45, 2.75) is 225 Å². The standard InChI is InChI=1S/C24H27Cl2NO.C23H25Cl2NO2.3C23H25Cl2NO/c1-4-15-5-10-18(20(26)12-15)19-11-13(2)21-22(14(3)27-24(21)28)23(19)16-6-8-17(25)9-7-16;1-12-10-18(17-9-8-16(28-3)11-19(17)25)22(14-4-6-15(24)7-5-14)21-13(2)26-23(27)20(12)21;3*1-12-4-9-17(19(25)10-12)18-11-13(2)20-21(14(3)26-23(20)27)22(18)15-5-7-16(24)8-6-15/h5-10,12-14,19,21-23H,4,11H2,1-3H3,(H,27,28);4-9,11-13,18,20-22H,10H2,1-3H3,(H,26,27);3*4-10,13-14,18,20-22H,11H2,1-3H3,(H,26,27)/t13-,14-,19+,21-,22-,23+;12-,13+,18-,20+,21+,22-;13-,14+,18-,20+,21+,22-;2*13-,14-,18+,20-,21-,22+/m10011/s1. The lowest BCUT2D eigenvalue weighted by atomic mass is 9.58. The minimum atomic E-state index is 0.0314. The molecular formula is C116H127Cl10N5O6. The number of nitrogens with one attached hydrogen (secondary N) is 5. The molecule has 722 valence electrons. The zero-order chi connectivity index (χ0) is 97.9. The highest BCUT2D eigenvalue weighted by Gasteiger charge is 2.59. The van der Waals surface area contributed by atoms with Crippen LogP contribution >= 0.6 is 116 Å². The predicted octanol–water partition coefficient (Wildman–Crippen LogP) is 29.8. The molecule has 21 heteroatoms. The number of ether oxygens (including phenoxy) is 1. The van der Waals surface area contributed by atoms with Gasteiger partial charge in [-0.15, -0.1) is 0 Å². The van der Waals surface area contributed by atoms with Crippen LogP contribution in [-0.4, -0.2) is 66.9 Å². The fourth-order valence-corrected chi connectivity index (χ4v) is 29.7. The number of halogens is 10. The molecule has 10 aliphatic rings. The highest BCUT2D eigenvalue weighted by Crippen LogP contribution is 2.63. The zero-order valence-corrected chi connectivity index (χ0v) is 88.1. The van der Waals surface area contributed by atoms with E-state index in [1.54, 1.807) is 7.11 Å². The van der Waals surface area contributed by atoms with Gasteiger partial charge in [0.15, 0.2) is 0 Å². The van der Waals surface area contributed by atoms with Crippen molar-refractivity contribution in [3.63, 3.8) is 0 Å². The molecule has 0 radical (unpaired) electrons.